The number of nitrogens with zero attached hydrogens (tertiary/aromatic N) is 3. The van der Waals surface area contributed by atoms with Crippen LogP contribution in [0.2, 0.25) is 0 Å². The molecule has 0 spiro atoms. The van der Waals surface area contributed by atoms with Gasteiger partial charge in [0, 0.05) is 29.9 Å². The summed E-state index contributed by atoms with van der Waals surface area (Å²) in [5.41, 5.74) is 4.19. The number of nitriles is 1. The summed E-state index contributed by atoms with van der Waals surface area (Å²) in [6.45, 7) is 14.9. The number of hydrogen-bond donors (Lipinski definition) is 2. The minimum atomic E-state index is -0.318. The molecular formula is C28H35N5O4. The van der Waals surface area contributed by atoms with Crippen LogP contribution in [0.4, 0.5) is 5.69 Å². The van der Waals surface area contributed by atoms with Crippen molar-refractivity contribution in [1.29, 1.82) is 5.26 Å². The van der Waals surface area contributed by atoms with Crippen LogP contribution in [0.3, 0.4) is 0 Å². The third kappa shape index (κ3) is 9.28. The number of oxime groups is 1. The van der Waals surface area contributed by atoms with Gasteiger partial charge in [0.25, 0.3) is 5.91 Å². The molecule has 0 aliphatic carbocycles. The molecule has 9 nitrogen and oxygen atoms in total. The largest absolute Gasteiger partial charge is 0.388 e. The quantitative estimate of drug-likeness (QED) is 0.193. The molecule has 1 aliphatic heterocycles. The molecule has 0 saturated carbocycles. The number of allylic oxidation sites excluding steroid dienone is 1. The summed E-state index contributed by atoms with van der Waals surface area (Å²) in [6.07, 6.45) is 2.12. The Labute approximate surface area is 218 Å². The molecular weight excluding hydrogens is 470 g/mol. The number of carbonyl (C=O) groups excluding carboxylic acids is 2. The number of benzene rings is 2. The van der Waals surface area contributed by atoms with E-state index in [1.165, 1.54) is 6.08 Å². The van der Waals surface area contributed by atoms with Gasteiger partial charge < -0.3 is 14.9 Å². The van der Waals surface area contributed by atoms with Gasteiger partial charge in [-0.15, -0.1) is 0 Å². The minimum Gasteiger partial charge on any atom is -0.388 e. The van der Waals surface area contributed by atoms with Gasteiger partial charge >= 0.3 is 0 Å². The lowest BCUT2D eigenvalue weighted by molar-refractivity contribution is -0.111. The molecule has 1 aliphatic rings. The van der Waals surface area contributed by atoms with Crippen LogP contribution < -0.4 is 11.2 Å². The van der Waals surface area contributed by atoms with Gasteiger partial charge in [0.15, 0.2) is 12.9 Å². The zero-order valence-corrected chi connectivity index (χ0v) is 21.9. The molecule has 3 rings (SSSR count). The normalized spacial score (nSPS) is 14.0. The van der Waals surface area contributed by atoms with E-state index in [2.05, 4.69) is 23.1 Å². The molecule has 37 heavy (non-hydrogen) atoms. The molecule has 0 unspecified atom stereocenters. The van der Waals surface area contributed by atoms with E-state index in [1.807, 2.05) is 33.8 Å². The molecule has 1 fully saturated rings. The Bertz CT molecular complexity index is 1170. The molecule has 9 heteroatoms. The van der Waals surface area contributed by atoms with Gasteiger partial charge in [0.2, 0.25) is 0 Å². The highest BCUT2D eigenvalue weighted by Crippen LogP contribution is 2.25. The number of amides is 1. The van der Waals surface area contributed by atoms with Crippen LogP contribution in [0.15, 0.2) is 54.2 Å². The van der Waals surface area contributed by atoms with Crippen molar-refractivity contribution in [3.8, 4) is 6.07 Å². The summed E-state index contributed by atoms with van der Waals surface area (Å²) in [4.78, 5) is 28.2. The first kappa shape index (κ1) is 29.4. The van der Waals surface area contributed by atoms with E-state index in [4.69, 9.17) is 15.4 Å². The predicted octanol–water partition coefficient (Wildman–Crippen LogP) is 3.71. The lowest BCUT2D eigenvalue weighted by atomic mass is 9.85. The monoisotopic (exact) mass is 505 g/mol. The van der Waals surface area contributed by atoms with Crippen LogP contribution in [0.1, 0.15) is 53.4 Å². The average Bonchev–Trinajstić information content (AvgIpc) is 2.88. The number of aldehydes is 1. The Morgan fingerprint density at radius 1 is 1.27 bits per heavy atom. The Balaban J connectivity index is 0.000000591. The lowest BCUT2D eigenvalue weighted by Crippen LogP contribution is -2.41. The maximum Gasteiger partial charge on any atom is 0.255 e. The van der Waals surface area contributed by atoms with Crippen molar-refractivity contribution >= 4 is 23.6 Å². The van der Waals surface area contributed by atoms with Crippen molar-refractivity contribution < 1.29 is 19.2 Å². The molecule has 2 aromatic carbocycles. The summed E-state index contributed by atoms with van der Waals surface area (Å²) in [5, 5.41) is 17.9. The predicted molar refractivity (Wildman–Crippen MR) is 144 cm³/mol. The second-order valence-corrected chi connectivity index (χ2v) is 9.44. The highest BCUT2D eigenvalue weighted by Gasteiger charge is 2.18. The third-order valence-corrected chi connectivity index (χ3v) is 5.51. The number of carbonyl (C=O) groups is 2. The van der Waals surface area contributed by atoms with Gasteiger partial charge in [-0.2, -0.15) is 5.26 Å². The zero-order valence-electron chi connectivity index (χ0n) is 21.9. The SMILES string of the molecule is C=C/C(=N\OCC=O)c1cc(NC(=O)c2cc(C#N)cc(C(C)(C)C)c2)ccc1C.NN1CCOCC1. The first-order valence-electron chi connectivity index (χ1n) is 11.9. The maximum atomic E-state index is 12.9. The third-order valence-electron chi connectivity index (χ3n) is 5.51. The minimum absolute atomic E-state index is 0.155. The number of rotatable bonds is 7. The second-order valence-electron chi connectivity index (χ2n) is 9.44. The smallest absolute Gasteiger partial charge is 0.255 e. The van der Waals surface area contributed by atoms with E-state index in [0.717, 1.165) is 43.0 Å². The fraction of sp³-hybridized carbons (Fsp3) is 0.357. The van der Waals surface area contributed by atoms with Crippen molar-refractivity contribution in [3.63, 3.8) is 0 Å². The second kappa shape index (κ2) is 14.0. The van der Waals surface area contributed by atoms with Crippen LogP contribution in [0.25, 0.3) is 0 Å². The number of nitrogens with one attached hydrogen (secondary N) is 1. The number of hydrogen-bond acceptors (Lipinski definition) is 8. The summed E-state index contributed by atoms with van der Waals surface area (Å²) >= 11 is 0. The number of ether oxygens (including phenoxy) is 1. The Kier molecular flexibility index (Phi) is 11.2. The fourth-order valence-corrected chi connectivity index (χ4v) is 3.35. The number of morpholine rings is 1. The molecule has 1 amide bonds. The van der Waals surface area contributed by atoms with Crippen LogP contribution in [0, 0.1) is 18.3 Å². The highest BCUT2D eigenvalue weighted by molar-refractivity contribution is 6.10. The van der Waals surface area contributed by atoms with Crippen molar-refractivity contribution in [2.45, 2.75) is 33.1 Å². The van der Waals surface area contributed by atoms with Gasteiger partial charge in [-0.3, -0.25) is 15.4 Å². The number of aryl methyl sites for hydroxylation is 1. The molecule has 1 heterocycles. The van der Waals surface area contributed by atoms with Crippen LogP contribution in [-0.4, -0.2) is 55.8 Å². The first-order chi connectivity index (χ1) is 17.6. The van der Waals surface area contributed by atoms with Crippen LogP contribution >= 0.6 is 0 Å². The van der Waals surface area contributed by atoms with E-state index in [-0.39, 0.29) is 17.9 Å². The van der Waals surface area contributed by atoms with Gasteiger partial charge in [-0.1, -0.05) is 38.6 Å². The summed E-state index contributed by atoms with van der Waals surface area (Å²) in [7, 11) is 0. The molecule has 3 N–H and O–H groups in total. The highest BCUT2D eigenvalue weighted by atomic mass is 16.6. The Hall–Kier alpha value is -3.84. The Morgan fingerprint density at radius 2 is 1.97 bits per heavy atom. The molecule has 2 aromatic rings. The van der Waals surface area contributed by atoms with Gasteiger partial charge in [-0.05, 0) is 59.9 Å². The first-order valence-corrected chi connectivity index (χ1v) is 11.9. The molecule has 0 aromatic heterocycles. The number of nitrogens with two attached hydrogens (primary N) is 1. The van der Waals surface area contributed by atoms with E-state index < -0.39 is 0 Å². The maximum absolute atomic E-state index is 12.9. The van der Waals surface area contributed by atoms with Crippen molar-refractivity contribution in [1.82, 2.24) is 5.01 Å². The molecule has 0 bridgehead atoms. The lowest BCUT2D eigenvalue weighted by Gasteiger charge is -2.20. The topological polar surface area (TPSA) is 130 Å². The molecule has 1 saturated heterocycles. The van der Waals surface area contributed by atoms with Crippen molar-refractivity contribution in [3.05, 3.63) is 76.9 Å². The zero-order chi connectivity index (χ0) is 27.4. The number of hydrazine groups is 1. The van der Waals surface area contributed by atoms with Crippen molar-refractivity contribution in [2.24, 2.45) is 11.0 Å². The van der Waals surface area contributed by atoms with Crippen molar-refractivity contribution in [2.75, 3.05) is 38.2 Å². The van der Waals surface area contributed by atoms with E-state index in [0.29, 0.717) is 28.8 Å². The average molecular weight is 506 g/mol. The fourth-order valence-electron chi connectivity index (χ4n) is 3.35. The van der Waals surface area contributed by atoms with E-state index in [9.17, 15) is 14.9 Å². The standard InChI is InChI=1S/C24H25N3O3.C4H10N2O/c1-6-22(27-30-10-9-28)21-14-20(8-7-16(21)2)26-23(29)18-11-17(15-25)12-19(13-18)24(3,4)5;5-6-1-3-7-4-2-6/h6-9,11-14H,1,10H2,2-5H3,(H,26,29);1-5H2/b27-22+;. The number of anilines is 1. The Morgan fingerprint density at radius 3 is 2.51 bits per heavy atom. The molecule has 196 valence electrons. The van der Waals surface area contributed by atoms with Crippen LogP contribution in [-0.2, 0) is 19.8 Å². The summed E-state index contributed by atoms with van der Waals surface area (Å²) in [6, 6.07) is 12.7. The summed E-state index contributed by atoms with van der Waals surface area (Å²) in [5.74, 6) is 5.07. The van der Waals surface area contributed by atoms with Gasteiger partial charge in [0.1, 0.15) is 5.71 Å². The molecule has 0 radical (unpaired) electrons. The summed E-state index contributed by atoms with van der Waals surface area (Å²) < 4.78 is 5.02. The van der Waals surface area contributed by atoms with Gasteiger partial charge in [-0.25, -0.2) is 5.01 Å². The van der Waals surface area contributed by atoms with E-state index >= 15 is 0 Å². The van der Waals surface area contributed by atoms with Crippen LogP contribution in [0.5, 0.6) is 0 Å². The van der Waals surface area contributed by atoms with Gasteiger partial charge in [0.05, 0.1) is 24.8 Å². The van der Waals surface area contributed by atoms with E-state index in [1.54, 1.807) is 35.3 Å². The molecule has 0 atom stereocenters.